The number of carbonyl (C=O) groups is 4. The lowest BCUT2D eigenvalue weighted by Gasteiger charge is -2.33. The Morgan fingerprint density at radius 2 is 1.38 bits per heavy atom. The highest BCUT2D eigenvalue weighted by Gasteiger charge is 2.32. The molecule has 2 aromatic heterocycles. The van der Waals surface area contributed by atoms with Gasteiger partial charge in [0.1, 0.15) is 5.60 Å². The summed E-state index contributed by atoms with van der Waals surface area (Å²) in [6, 6.07) is 11.1. The molecule has 4 aromatic rings. The van der Waals surface area contributed by atoms with Crippen molar-refractivity contribution in [3.63, 3.8) is 0 Å². The maximum atomic E-state index is 13.8. The molecular formula is C43H53ClN8O6. The Bertz CT molecular complexity index is 2250. The van der Waals surface area contributed by atoms with Gasteiger partial charge in [-0.15, -0.1) is 0 Å². The minimum Gasteiger partial charge on any atom is -0.469 e. The van der Waals surface area contributed by atoms with E-state index in [-0.39, 0.29) is 30.2 Å². The highest BCUT2D eigenvalue weighted by atomic mass is 35.5. The number of aromatic nitrogens is 4. The zero-order chi connectivity index (χ0) is 41.5. The van der Waals surface area contributed by atoms with Gasteiger partial charge in [0.15, 0.2) is 11.6 Å². The van der Waals surface area contributed by atoms with Crippen molar-refractivity contribution in [2.45, 2.75) is 84.9 Å². The molecule has 0 unspecified atom stereocenters. The van der Waals surface area contributed by atoms with E-state index in [1.54, 1.807) is 22.6 Å². The molecule has 15 heteroatoms. The van der Waals surface area contributed by atoms with Crippen molar-refractivity contribution >= 4 is 46.9 Å². The minimum atomic E-state index is -0.617. The summed E-state index contributed by atoms with van der Waals surface area (Å²) in [5.41, 5.74) is 6.24. The monoisotopic (exact) mass is 812 g/mol. The SMILES string of the molecule is COC(=O)[C@H]1CC[C@@H](CN2CCc3c(nc(C(=O)Nc4cccc(-c5cccc(NC(=O)c6nc7c(n6C)CCN(C(=O)OC(C)(C)C)C7)c5Cl)c4C)n3C)C2)CC1. The van der Waals surface area contributed by atoms with Crippen LogP contribution in [0.5, 0.6) is 0 Å². The molecule has 0 saturated heterocycles. The Hall–Kier alpha value is -5.21. The predicted molar refractivity (Wildman–Crippen MR) is 221 cm³/mol. The van der Waals surface area contributed by atoms with Gasteiger partial charge >= 0.3 is 12.1 Å². The third kappa shape index (κ3) is 8.49. The lowest BCUT2D eigenvalue weighted by Crippen LogP contribution is -2.40. The van der Waals surface area contributed by atoms with Crippen molar-refractivity contribution < 1.29 is 28.7 Å². The second-order valence-corrected chi connectivity index (χ2v) is 17.1. The van der Waals surface area contributed by atoms with Gasteiger partial charge in [-0.05, 0) is 82.6 Å². The van der Waals surface area contributed by atoms with Crippen molar-refractivity contribution in [3.05, 3.63) is 81.4 Å². The summed E-state index contributed by atoms with van der Waals surface area (Å²) in [7, 11) is 5.15. The molecule has 0 atom stereocenters. The summed E-state index contributed by atoms with van der Waals surface area (Å²) in [6.07, 6.45) is 4.68. The van der Waals surface area contributed by atoms with E-state index in [0.717, 1.165) is 73.4 Å². The summed E-state index contributed by atoms with van der Waals surface area (Å²) in [6.45, 7) is 10.6. The first-order valence-corrected chi connectivity index (χ1v) is 20.4. The number of halogens is 1. The molecule has 308 valence electrons. The molecular weight excluding hydrogens is 760 g/mol. The van der Waals surface area contributed by atoms with Gasteiger partial charge in [-0.1, -0.05) is 35.9 Å². The third-order valence-corrected chi connectivity index (χ3v) is 12.1. The number of hydrogen-bond acceptors (Lipinski definition) is 9. The number of fused-ring (bicyclic) bond motifs is 2. The van der Waals surface area contributed by atoms with Gasteiger partial charge in [0.2, 0.25) is 0 Å². The molecule has 14 nitrogen and oxygen atoms in total. The first kappa shape index (κ1) is 41.0. The Kier molecular flexibility index (Phi) is 11.7. The number of rotatable bonds is 8. The first-order chi connectivity index (χ1) is 27.6. The van der Waals surface area contributed by atoms with Gasteiger partial charge in [0.05, 0.1) is 41.7 Å². The molecule has 0 radical (unpaired) electrons. The van der Waals surface area contributed by atoms with E-state index in [2.05, 4.69) is 20.5 Å². The van der Waals surface area contributed by atoms with Crippen LogP contribution in [0.1, 0.15) is 96.0 Å². The highest BCUT2D eigenvalue weighted by molar-refractivity contribution is 6.36. The van der Waals surface area contributed by atoms with Crippen LogP contribution in [0.15, 0.2) is 36.4 Å². The van der Waals surface area contributed by atoms with E-state index < -0.39 is 17.6 Å². The molecule has 7 rings (SSSR count). The number of nitrogens with one attached hydrogen (secondary N) is 2. The molecule has 0 spiro atoms. The van der Waals surface area contributed by atoms with Gasteiger partial charge < -0.3 is 34.1 Å². The lowest BCUT2D eigenvalue weighted by atomic mass is 9.81. The number of benzene rings is 2. The number of anilines is 2. The fourth-order valence-corrected chi connectivity index (χ4v) is 8.80. The van der Waals surface area contributed by atoms with Crippen LogP contribution >= 0.6 is 11.6 Å². The maximum Gasteiger partial charge on any atom is 0.410 e. The minimum absolute atomic E-state index is 0.0116. The Balaban J connectivity index is 1.01. The van der Waals surface area contributed by atoms with E-state index in [4.69, 9.17) is 26.1 Å². The molecule has 4 heterocycles. The Morgan fingerprint density at radius 1 is 0.810 bits per heavy atom. The standard InChI is InChI=1S/C43H53ClN8O6/c1-25-28(29-11-9-13-31(36(29)44)48-40(54)38-46-33-24-52(21-19-35(33)50(38)6)42(56)58-43(2,3)4)10-8-12-30(25)47-39(53)37-45-32-23-51(20-18-34(32)49(37)5)22-26-14-16-27(17-15-26)41(55)57-7/h8-13,26-27H,14-24H2,1-7H3,(H,47,53)(H,48,54)/t26-,27+. The van der Waals surface area contributed by atoms with E-state index >= 15 is 0 Å². The van der Waals surface area contributed by atoms with Crippen molar-refractivity contribution in [1.82, 2.24) is 28.9 Å². The topological polar surface area (TPSA) is 153 Å². The number of ether oxygens (including phenoxy) is 2. The van der Waals surface area contributed by atoms with Crippen LogP contribution in [0.25, 0.3) is 11.1 Å². The molecule has 1 saturated carbocycles. The summed E-state index contributed by atoms with van der Waals surface area (Å²) >= 11 is 7.00. The number of amides is 3. The molecule has 2 aliphatic heterocycles. The van der Waals surface area contributed by atoms with Crippen molar-refractivity contribution in [3.8, 4) is 11.1 Å². The second kappa shape index (κ2) is 16.6. The molecule has 2 N–H and O–H groups in total. The number of nitrogens with zero attached hydrogens (tertiary/aromatic N) is 6. The lowest BCUT2D eigenvalue weighted by molar-refractivity contribution is -0.146. The normalized spacial score (nSPS) is 18.2. The average molecular weight is 813 g/mol. The van der Waals surface area contributed by atoms with Crippen molar-refractivity contribution in [2.24, 2.45) is 25.9 Å². The molecule has 1 aliphatic carbocycles. The van der Waals surface area contributed by atoms with E-state index in [9.17, 15) is 19.2 Å². The summed E-state index contributed by atoms with van der Waals surface area (Å²) < 4.78 is 14.2. The molecule has 3 amide bonds. The van der Waals surface area contributed by atoms with Crippen LogP contribution in [0.2, 0.25) is 5.02 Å². The molecule has 58 heavy (non-hydrogen) atoms. The van der Waals surface area contributed by atoms with Gasteiger partial charge in [-0.2, -0.15) is 0 Å². The fourth-order valence-electron chi connectivity index (χ4n) is 8.52. The molecule has 2 aromatic carbocycles. The number of hydrogen-bond donors (Lipinski definition) is 2. The van der Waals surface area contributed by atoms with Crippen LogP contribution in [-0.4, -0.2) is 85.1 Å². The smallest absolute Gasteiger partial charge is 0.410 e. The van der Waals surface area contributed by atoms with E-state index in [0.29, 0.717) is 58.9 Å². The van der Waals surface area contributed by atoms with Gasteiger partial charge in [-0.3, -0.25) is 19.3 Å². The summed E-state index contributed by atoms with van der Waals surface area (Å²) in [5.74, 6) is 0.273. The molecule has 0 bridgehead atoms. The maximum absolute atomic E-state index is 13.8. The van der Waals surface area contributed by atoms with Crippen LogP contribution in [0.3, 0.4) is 0 Å². The van der Waals surface area contributed by atoms with Crippen molar-refractivity contribution in [2.75, 3.05) is 37.4 Å². The number of imidazole rings is 2. The van der Waals surface area contributed by atoms with Gasteiger partial charge in [0, 0.05) is 75.8 Å². The number of esters is 1. The zero-order valence-electron chi connectivity index (χ0n) is 34.4. The van der Waals surface area contributed by atoms with Crippen LogP contribution in [-0.2, 0) is 54.3 Å². The largest absolute Gasteiger partial charge is 0.469 e. The number of methoxy groups -OCH3 is 1. The fraction of sp³-hybridized carbons (Fsp3) is 0.488. The molecule has 1 fully saturated rings. The van der Waals surface area contributed by atoms with Crippen molar-refractivity contribution in [1.29, 1.82) is 0 Å². The first-order valence-electron chi connectivity index (χ1n) is 20.0. The predicted octanol–water partition coefficient (Wildman–Crippen LogP) is 6.92. The van der Waals surface area contributed by atoms with Crippen LogP contribution < -0.4 is 10.6 Å². The summed E-state index contributed by atoms with van der Waals surface area (Å²) in [4.78, 5) is 65.6. The Morgan fingerprint density at radius 3 is 2.00 bits per heavy atom. The van der Waals surface area contributed by atoms with Gasteiger partial charge in [0.25, 0.3) is 11.8 Å². The zero-order valence-corrected chi connectivity index (χ0v) is 35.2. The van der Waals surface area contributed by atoms with Crippen LogP contribution in [0.4, 0.5) is 16.2 Å². The Labute approximate surface area is 344 Å². The van der Waals surface area contributed by atoms with E-state index in [1.165, 1.54) is 7.11 Å². The summed E-state index contributed by atoms with van der Waals surface area (Å²) in [5, 5.41) is 6.38. The highest BCUT2D eigenvalue weighted by Crippen LogP contribution is 2.38. The third-order valence-electron chi connectivity index (χ3n) is 11.7. The average Bonchev–Trinajstić information content (AvgIpc) is 3.71. The number of carbonyl (C=O) groups excluding carboxylic acids is 4. The van der Waals surface area contributed by atoms with E-state index in [1.807, 2.05) is 69.6 Å². The van der Waals surface area contributed by atoms with Gasteiger partial charge in [-0.25, -0.2) is 14.8 Å². The van der Waals surface area contributed by atoms with Crippen LogP contribution in [0, 0.1) is 18.8 Å². The quantitative estimate of drug-likeness (QED) is 0.181. The second-order valence-electron chi connectivity index (χ2n) is 16.7. The molecule has 3 aliphatic rings.